The standard InChI is InChI=1S/C17H20FNO2/c1-13(19-2)14-8-9-17(16(18)12-14)21-11-10-20-15-6-4-3-5-7-15/h3-9,12-13,19H,10-11H2,1-2H3. The Kier molecular flexibility index (Phi) is 5.58. The van der Waals surface area contributed by atoms with E-state index in [1.807, 2.05) is 50.4 Å². The minimum atomic E-state index is -0.352. The summed E-state index contributed by atoms with van der Waals surface area (Å²) in [4.78, 5) is 0. The summed E-state index contributed by atoms with van der Waals surface area (Å²) in [6.07, 6.45) is 0. The lowest BCUT2D eigenvalue weighted by Gasteiger charge is -2.13. The van der Waals surface area contributed by atoms with Crippen molar-refractivity contribution in [2.75, 3.05) is 20.3 Å². The zero-order valence-corrected chi connectivity index (χ0v) is 12.3. The van der Waals surface area contributed by atoms with Crippen LogP contribution in [0, 0.1) is 5.82 Å². The first-order chi connectivity index (χ1) is 10.2. The molecule has 0 aliphatic rings. The first-order valence-corrected chi connectivity index (χ1v) is 6.98. The molecule has 4 heteroatoms. The lowest BCUT2D eigenvalue weighted by Crippen LogP contribution is -2.13. The van der Waals surface area contributed by atoms with E-state index in [0.717, 1.165) is 11.3 Å². The molecule has 0 saturated heterocycles. The third kappa shape index (κ3) is 4.46. The second-order valence-corrected chi connectivity index (χ2v) is 4.71. The molecular weight excluding hydrogens is 269 g/mol. The zero-order chi connectivity index (χ0) is 15.1. The normalized spacial score (nSPS) is 12.0. The van der Waals surface area contributed by atoms with E-state index < -0.39 is 0 Å². The van der Waals surface area contributed by atoms with Crippen LogP contribution < -0.4 is 14.8 Å². The number of ether oxygens (including phenoxy) is 2. The van der Waals surface area contributed by atoms with Gasteiger partial charge in [-0.3, -0.25) is 0 Å². The number of rotatable bonds is 7. The largest absolute Gasteiger partial charge is 0.490 e. The average Bonchev–Trinajstić information content (AvgIpc) is 2.53. The van der Waals surface area contributed by atoms with Crippen molar-refractivity contribution in [1.82, 2.24) is 5.32 Å². The van der Waals surface area contributed by atoms with E-state index in [2.05, 4.69) is 5.32 Å². The second kappa shape index (κ2) is 7.64. The van der Waals surface area contributed by atoms with Gasteiger partial charge in [0.05, 0.1) is 0 Å². The molecule has 0 aromatic heterocycles. The zero-order valence-electron chi connectivity index (χ0n) is 12.3. The Morgan fingerprint density at radius 1 is 1.05 bits per heavy atom. The maximum atomic E-state index is 13.9. The van der Waals surface area contributed by atoms with Crippen LogP contribution in [0.3, 0.4) is 0 Å². The lowest BCUT2D eigenvalue weighted by molar-refractivity contribution is 0.211. The van der Waals surface area contributed by atoms with Crippen molar-refractivity contribution in [3.63, 3.8) is 0 Å². The molecule has 1 N–H and O–H groups in total. The molecule has 1 unspecified atom stereocenters. The SMILES string of the molecule is CNC(C)c1ccc(OCCOc2ccccc2)c(F)c1. The highest BCUT2D eigenvalue weighted by atomic mass is 19.1. The van der Waals surface area contributed by atoms with Gasteiger partial charge in [-0.05, 0) is 43.8 Å². The van der Waals surface area contributed by atoms with Gasteiger partial charge in [0.2, 0.25) is 0 Å². The van der Waals surface area contributed by atoms with E-state index in [4.69, 9.17) is 9.47 Å². The molecular formula is C17H20FNO2. The number of nitrogens with one attached hydrogen (secondary N) is 1. The van der Waals surface area contributed by atoms with Gasteiger partial charge >= 0.3 is 0 Å². The molecule has 0 bridgehead atoms. The molecule has 0 heterocycles. The van der Waals surface area contributed by atoms with E-state index in [-0.39, 0.29) is 17.6 Å². The van der Waals surface area contributed by atoms with Crippen molar-refractivity contribution in [1.29, 1.82) is 0 Å². The third-order valence-corrected chi connectivity index (χ3v) is 3.24. The van der Waals surface area contributed by atoms with Crippen LogP contribution in [-0.4, -0.2) is 20.3 Å². The summed E-state index contributed by atoms with van der Waals surface area (Å²) in [5, 5.41) is 3.07. The predicted octanol–water partition coefficient (Wildman–Crippen LogP) is 3.56. The molecule has 112 valence electrons. The molecule has 2 aromatic carbocycles. The number of hydrogen-bond acceptors (Lipinski definition) is 3. The quantitative estimate of drug-likeness (QED) is 0.791. The first-order valence-electron chi connectivity index (χ1n) is 6.98. The Balaban J connectivity index is 1.83. The molecule has 0 radical (unpaired) electrons. The molecule has 0 fully saturated rings. The van der Waals surface area contributed by atoms with E-state index >= 15 is 0 Å². The molecule has 0 spiro atoms. The lowest BCUT2D eigenvalue weighted by atomic mass is 10.1. The molecule has 0 aliphatic heterocycles. The fourth-order valence-corrected chi connectivity index (χ4v) is 1.90. The minimum absolute atomic E-state index is 0.106. The molecule has 3 nitrogen and oxygen atoms in total. The van der Waals surface area contributed by atoms with Crippen LogP contribution in [0.4, 0.5) is 4.39 Å². The smallest absolute Gasteiger partial charge is 0.165 e. The maximum Gasteiger partial charge on any atom is 0.165 e. The summed E-state index contributed by atoms with van der Waals surface area (Å²) in [5.41, 5.74) is 0.892. The molecule has 2 aromatic rings. The average molecular weight is 289 g/mol. The highest BCUT2D eigenvalue weighted by Gasteiger charge is 2.08. The van der Waals surface area contributed by atoms with E-state index in [1.165, 1.54) is 6.07 Å². The van der Waals surface area contributed by atoms with Crippen molar-refractivity contribution in [2.24, 2.45) is 0 Å². The van der Waals surface area contributed by atoms with Crippen LogP contribution in [0.1, 0.15) is 18.5 Å². The molecule has 1 atom stereocenters. The van der Waals surface area contributed by atoms with Gasteiger partial charge in [-0.15, -0.1) is 0 Å². The summed E-state index contributed by atoms with van der Waals surface area (Å²) in [6, 6.07) is 14.6. The Morgan fingerprint density at radius 2 is 1.76 bits per heavy atom. The highest BCUT2D eigenvalue weighted by molar-refractivity contribution is 5.30. The Hall–Kier alpha value is -2.07. The van der Waals surface area contributed by atoms with Crippen LogP contribution in [0.25, 0.3) is 0 Å². The van der Waals surface area contributed by atoms with Crippen LogP contribution in [-0.2, 0) is 0 Å². The first kappa shape index (κ1) is 15.3. The third-order valence-electron chi connectivity index (χ3n) is 3.24. The minimum Gasteiger partial charge on any atom is -0.490 e. The van der Waals surface area contributed by atoms with E-state index in [1.54, 1.807) is 6.07 Å². The maximum absolute atomic E-state index is 13.9. The Labute approximate surface area is 124 Å². The van der Waals surface area contributed by atoms with Crippen molar-refractivity contribution >= 4 is 0 Å². The highest BCUT2D eigenvalue weighted by Crippen LogP contribution is 2.21. The van der Waals surface area contributed by atoms with Gasteiger partial charge in [-0.25, -0.2) is 4.39 Å². The van der Waals surface area contributed by atoms with Crippen LogP contribution >= 0.6 is 0 Å². The molecule has 2 rings (SSSR count). The summed E-state index contributed by atoms with van der Waals surface area (Å²) in [6.45, 7) is 2.65. The summed E-state index contributed by atoms with van der Waals surface area (Å²) in [5.74, 6) is 0.674. The summed E-state index contributed by atoms with van der Waals surface area (Å²) < 4.78 is 24.8. The fraction of sp³-hybridized carbons (Fsp3) is 0.294. The number of para-hydroxylation sites is 1. The summed E-state index contributed by atoms with van der Waals surface area (Å²) in [7, 11) is 1.84. The predicted molar refractivity (Wildman–Crippen MR) is 81.3 cm³/mol. The van der Waals surface area contributed by atoms with Crippen molar-refractivity contribution in [3.8, 4) is 11.5 Å². The van der Waals surface area contributed by atoms with Crippen LogP contribution in [0.2, 0.25) is 0 Å². The molecule has 0 aliphatic carbocycles. The Bertz CT molecular complexity index is 560. The molecule has 0 amide bonds. The van der Waals surface area contributed by atoms with Gasteiger partial charge in [-0.1, -0.05) is 24.3 Å². The van der Waals surface area contributed by atoms with E-state index in [9.17, 15) is 4.39 Å². The molecule has 21 heavy (non-hydrogen) atoms. The van der Waals surface area contributed by atoms with Gasteiger partial charge in [0.25, 0.3) is 0 Å². The fourth-order valence-electron chi connectivity index (χ4n) is 1.90. The monoisotopic (exact) mass is 289 g/mol. The number of benzene rings is 2. The van der Waals surface area contributed by atoms with Gasteiger partial charge in [-0.2, -0.15) is 0 Å². The van der Waals surface area contributed by atoms with Crippen molar-refractivity contribution in [2.45, 2.75) is 13.0 Å². The number of hydrogen-bond donors (Lipinski definition) is 1. The number of halogens is 1. The van der Waals surface area contributed by atoms with Gasteiger partial charge in [0.15, 0.2) is 11.6 Å². The van der Waals surface area contributed by atoms with Gasteiger partial charge < -0.3 is 14.8 Å². The Morgan fingerprint density at radius 3 is 2.43 bits per heavy atom. The summed E-state index contributed by atoms with van der Waals surface area (Å²) >= 11 is 0. The van der Waals surface area contributed by atoms with Gasteiger partial charge in [0.1, 0.15) is 19.0 Å². The van der Waals surface area contributed by atoms with Crippen molar-refractivity contribution < 1.29 is 13.9 Å². The van der Waals surface area contributed by atoms with Crippen LogP contribution in [0.15, 0.2) is 48.5 Å². The van der Waals surface area contributed by atoms with Gasteiger partial charge in [0, 0.05) is 6.04 Å². The topological polar surface area (TPSA) is 30.5 Å². The second-order valence-electron chi connectivity index (χ2n) is 4.71. The van der Waals surface area contributed by atoms with E-state index in [0.29, 0.717) is 13.2 Å². The molecule has 0 saturated carbocycles. The van der Waals surface area contributed by atoms with Crippen molar-refractivity contribution in [3.05, 3.63) is 59.9 Å². The van der Waals surface area contributed by atoms with Crippen LogP contribution in [0.5, 0.6) is 11.5 Å².